The Labute approximate surface area is 68.2 Å². The predicted octanol–water partition coefficient (Wildman–Crippen LogP) is 1.60. The molecule has 0 bridgehead atoms. The summed E-state index contributed by atoms with van der Waals surface area (Å²) in [4.78, 5) is 12.1. The molecule has 0 aromatic heterocycles. The van der Waals surface area contributed by atoms with E-state index in [-0.39, 0.29) is 0 Å². The van der Waals surface area contributed by atoms with Gasteiger partial charge in [0.2, 0.25) is 6.41 Å². The molecule has 0 fully saturated rings. The van der Waals surface area contributed by atoms with Crippen LogP contribution in [0.15, 0.2) is 24.3 Å². The minimum atomic E-state index is 0.699. The number of carbonyl (C=O) groups excluding carboxylic acids is 1. The van der Waals surface area contributed by atoms with Gasteiger partial charge in [0.25, 0.3) is 0 Å². The van der Waals surface area contributed by atoms with Crippen molar-refractivity contribution in [1.29, 1.82) is 0 Å². The molecule has 1 amide bonds. The Kier molecular flexibility index (Phi) is 6.39. The summed E-state index contributed by atoms with van der Waals surface area (Å²) in [6.45, 7) is 5.28. The molecule has 0 saturated heterocycles. The first-order valence-electron chi connectivity index (χ1n) is 3.76. The molecule has 0 saturated carbocycles. The van der Waals surface area contributed by atoms with E-state index in [0.717, 1.165) is 6.41 Å². The van der Waals surface area contributed by atoms with Crippen LogP contribution in [-0.2, 0) is 4.79 Å². The van der Waals surface area contributed by atoms with Crippen molar-refractivity contribution in [3.63, 3.8) is 0 Å². The maximum atomic E-state index is 10.4. The average Bonchev–Trinajstić information content (AvgIpc) is 2.05. The molecule has 0 aliphatic carbocycles. The largest absolute Gasteiger partial charge is 0.338 e. The SMILES string of the molecule is C/C=C/CN(C=O)C/C=C/C. The Hall–Kier alpha value is -1.05. The molecule has 62 valence electrons. The summed E-state index contributed by atoms with van der Waals surface area (Å²) in [7, 11) is 0. The van der Waals surface area contributed by atoms with Gasteiger partial charge in [0, 0.05) is 13.1 Å². The van der Waals surface area contributed by atoms with Crippen molar-refractivity contribution in [2.24, 2.45) is 0 Å². The van der Waals surface area contributed by atoms with E-state index in [0.29, 0.717) is 13.1 Å². The van der Waals surface area contributed by atoms with Gasteiger partial charge in [-0.1, -0.05) is 24.3 Å². The Morgan fingerprint density at radius 3 is 1.82 bits per heavy atom. The predicted molar refractivity (Wildman–Crippen MR) is 47.3 cm³/mol. The van der Waals surface area contributed by atoms with E-state index in [1.54, 1.807) is 4.90 Å². The number of allylic oxidation sites excluding steroid dienone is 2. The summed E-state index contributed by atoms with van der Waals surface area (Å²) >= 11 is 0. The van der Waals surface area contributed by atoms with Gasteiger partial charge < -0.3 is 4.90 Å². The number of amides is 1. The molecule has 0 N–H and O–H groups in total. The summed E-state index contributed by atoms with van der Waals surface area (Å²) in [5.74, 6) is 0. The zero-order chi connectivity index (χ0) is 8.53. The lowest BCUT2D eigenvalue weighted by molar-refractivity contribution is -0.117. The highest BCUT2D eigenvalue weighted by molar-refractivity contribution is 5.47. The monoisotopic (exact) mass is 153 g/mol. The summed E-state index contributed by atoms with van der Waals surface area (Å²) < 4.78 is 0. The summed E-state index contributed by atoms with van der Waals surface area (Å²) in [6, 6.07) is 0. The number of rotatable bonds is 5. The molecule has 0 unspecified atom stereocenters. The van der Waals surface area contributed by atoms with E-state index in [1.807, 2.05) is 38.2 Å². The molecule has 11 heavy (non-hydrogen) atoms. The van der Waals surface area contributed by atoms with Gasteiger partial charge in [-0.3, -0.25) is 4.79 Å². The summed E-state index contributed by atoms with van der Waals surface area (Å²) in [5.41, 5.74) is 0. The van der Waals surface area contributed by atoms with Crippen LogP contribution in [0.4, 0.5) is 0 Å². The lowest BCUT2D eigenvalue weighted by atomic mass is 10.4. The van der Waals surface area contributed by atoms with Crippen LogP contribution in [0.25, 0.3) is 0 Å². The van der Waals surface area contributed by atoms with Gasteiger partial charge in [-0.25, -0.2) is 0 Å². The molecule has 0 aliphatic rings. The van der Waals surface area contributed by atoms with Crippen molar-refractivity contribution in [3.8, 4) is 0 Å². The molecular weight excluding hydrogens is 138 g/mol. The lowest BCUT2D eigenvalue weighted by Gasteiger charge is -2.11. The van der Waals surface area contributed by atoms with Crippen molar-refractivity contribution < 1.29 is 4.79 Å². The zero-order valence-corrected chi connectivity index (χ0v) is 7.16. The van der Waals surface area contributed by atoms with Crippen LogP contribution in [0.5, 0.6) is 0 Å². The molecule has 2 heteroatoms. The van der Waals surface area contributed by atoms with E-state index in [1.165, 1.54) is 0 Å². The normalized spacial score (nSPS) is 11.1. The number of hydrogen-bond donors (Lipinski definition) is 0. The summed E-state index contributed by atoms with van der Waals surface area (Å²) in [5, 5.41) is 0. The molecule has 0 radical (unpaired) electrons. The Morgan fingerprint density at radius 1 is 1.09 bits per heavy atom. The topological polar surface area (TPSA) is 20.3 Å². The van der Waals surface area contributed by atoms with Gasteiger partial charge in [0.05, 0.1) is 0 Å². The maximum absolute atomic E-state index is 10.4. The first-order valence-corrected chi connectivity index (χ1v) is 3.76. The fourth-order valence-electron chi connectivity index (χ4n) is 0.642. The smallest absolute Gasteiger partial charge is 0.210 e. The Morgan fingerprint density at radius 2 is 1.55 bits per heavy atom. The van der Waals surface area contributed by atoms with Gasteiger partial charge in [-0.05, 0) is 13.8 Å². The van der Waals surface area contributed by atoms with Gasteiger partial charge in [-0.2, -0.15) is 0 Å². The maximum Gasteiger partial charge on any atom is 0.210 e. The second-order valence-electron chi connectivity index (χ2n) is 2.20. The fraction of sp³-hybridized carbons (Fsp3) is 0.444. The van der Waals surface area contributed by atoms with E-state index in [9.17, 15) is 4.79 Å². The zero-order valence-electron chi connectivity index (χ0n) is 7.16. The Balaban J connectivity index is 3.66. The first kappa shape index (κ1) is 9.95. The molecule has 0 spiro atoms. The minimum Gasteiger partial charge on any atom is -0.338 e. The van der Waals surface area contributed by atoms with E-state index >= 15 is 0 Å². The van der Waals surface area contributed by atoms with Gasteiger partial charge in [0.15, 0.2) is 0 Å². The number of carbonyl (C=O) groups is 1. The Bertz CT molecular complexity index is 136. The third-order valence-corrected chi connectivity index (χ3v) is 1.30. The molecular formula is C9H15NO. The van der Waals surface area contributed by atoms with Crippen molar-refractivity contribution in [3.05, 3.63) is 24.3 Å². The van der Waals surface area contributed by atoms with Crippen LogP contribution >= 0.6 is 0 Å². The average molecular weight is 153 g/mol. The molecule has 0 aromatic rings. The first-order chi connectivity index (χ1) is 5.35. The highest BCUT2D eigenvalue weighted by Crippen LogP contribution is 1.85. The molecule has 0 atom stereocenters. The fourth-order valence-corrected chi connectivity index (χ4v) is 0.642. The van der Waals surface area contributed by atoms with Gasteiger partial charge in [0.1, 0.15) is 0 Å². The van der Waals surface area contributed by atoms with Gasteiger partial charge >= 0.3 is 0 Å². The highest BCUT2D eigenvalue weighted by atomic mass is 16.1. The van der Waals surface area contributed by atoms with Crippen LogP contribution in [0.2, 0.25) is 0 Å². The number of nitrogens with zero attached hydrogens (tertiary/aromatic N) is 1. The second-order valence-corrected chi connectivity index (χ2v) is 2.20. The third-order valence-electron chi connectivity index (χ3n) is 1.30. The van der Waals surface area contributed by atoms with Crippen LogP contribution in [-0.4, -0.2) is 24.4 Å². The lowest BCUT2D eigenvalue weighted by Crippen LogP contribution is -2.21. The van der Waals surface area contributed by atoms with E-state index < -0.39 is 0 Å². The minimum absolute atomic E-state index is 0.699. The van der Waals surface area contributed by atoms with Crippen LogP contribution < -0.4 is 0 Å². The van der Waals surface area contributed by atoms with Crippen LogP contribution in [0.3, 0.4) is 0 Å². The quantitative estimate of drug-likeness (QED) is 0.434. The number of hydrogen-bond acceptors (Lipinski definition) is 1. The van der Waals surface area contributed by atoms with E-state index in [2.05, 4.69) is 0 Å². The van der Waals surface area contributed by atoms with Crippen molar-refractivity contribution in [2.75, 3.05) is 13.1 Å². The van der Waals surface area contributed by atoms with E-state index in [4.69, 9.17) is 0 Å². The standard InChI is InChI=1S/C9H15NO/c1-3-5-7-10(9-11)8-6-4-2/h3-6,9H,7-8H2,1-2H3/b5-3+,6-4+. The molecule has 0 aliphatic heterocycles. The summed E-state index contributed by atoms with van der Waals surface area (Å²) in [6.07, 6.45) is 8.65. The molecule has 2 nitrogen and oxygen atoms in total. The second kappa shape index (κ2) is 7.06. The van der Waals surface area contributed by atoms with Crippen molar-refractivity contribution in [2.45, 2.75) is 13.8 Å². The van der Waals surface area contributed by atoms with Crippen molar-refractivity contribution >= 4 is 6.41 Å². The van der Waals surface area contributed by atoms with Crippen LogP contribution in [0, 0.1) is 0 Å². The highest BCUT2D eigenvalue weighted by Gasteiger charge is 1.92. The van der Waals surface area contributed by atoms with Crippen LogP contribution in [0.1, 0.15) is 13.8 Å². The third kappa shape index (κ3) is 5.40. The van der Waals surface area contributed by atoms with Gasteiger partial charge in [-0.15, -0.1) is 0 Å². The molecule has 0 aromatic carbocycles. The molecule has 0 rings (SSSR count). The van der Waals surface area contributed by atoms with Crippen molar-refractivity contribution in [1.82, 2.24) is 4.90 Å². The molecule has 0 heterocycles.